The van der Waals surface area contributed by atoms with E-state index in [9.17, 15) is 25.2 Å². The molecule has 0 saturated heterocycles. The van der Waals surface area contributed by atoms with E-state index in [0.717, 1.165) is 0 Å². The number of nitrogens with zero attached hydrogens (tertiary/aromatic N) is 3. The number of hydrogen-bond donors (Lipinski definition) is 0. The Kier molecular flexibility index (Phi) is 18.0. The van der Waals surface area contributed by atoms with Crippen molar-refractivity contribution in [1.29, 1.82) is 15.8 Å². The minimum atomic E-state index is -10.7. The zero-order valence-corrected chi connectivity index (χ0v) is 11.5. The summed E-state index contributed by atoms with van der Waals surface area (Å²) in [6.45, 7) is 4.29. The van der Waals surface area contributed by atoms with Gasteiger partial charge in [-0.05, 0) is 0 Å². The van der Waals surface area contributed by atoms with Gasteiger partial charge in [-0.25, -0.2) is 0 Å². The Morgan fingerprint density at radius 1 is 0.706 bits per heavy atom. The first-order chi connectivity index (χ1) is 6.69. The first-order valence-electron chi connectivity index (χ1n) is 3.19. The van der Waals surface area contributed by atoms with Gasteiger partial charge in [0.1, 0.15) is 0 Å². The maximum absolute atomic E-state index is 10.7. The molecule has 0 atom stereocenters. The summed E-state index contributed by atoms with van der Waals surface area (Å²) in [5.41, 5.74) is 0. The molecule has 0 heterocycles. The summed E-state index contributed by atoms with van der Waals surface area (Å²) < 4.78 is 59.2. The van der Waals surface area contributed by atoms with Gasteiger partial charge in [0, 0.05) is 40.2 Å². The maximum Gasteiger partial charge on any atom is 1.00 e. The molecular formula is C6H10F6N3PRu. The Morgan fingerprint density at radius 3 is 0.706 bits per heavy atom. The van der Waals surface area contributed by atoms with Crippen LogP contribution in [0.15, 0.2) is 0 Å². The first-order valence-corrected chi connectivity index (χ1v) is 5.21. The SMILES string of the molecule is CC#N.CC#N.CC#N.F[P-](F)(F)(F)(F)F.[H+].[Ru]. The summed E-state index contributed by atoms with van der Waals surface area (Å²) in [6.07, 6.45) is 0. The third-order valence-electron chi connectivity index (χ3n) is 0. The van der Waals surface area contributed by atoms with E-state index in [-0.39, 0.29) is 20.9 Å². The van der Waals surface area contributed by atoms with Crippen LogP contribution in [0.4, 0.5) is 25.2 Å². The molecule has 3 nitrogen and oxygen atoms in total. The van der Waals surface area contributed by atoms with E-state index in [1.54, 1.807) is 18.2 Å². The van der Waals surface area contributed by atoms with Crippen LogP contribution >= 0.6 is 7.81 Å². The Hall–Kier alpha value is -0.897. The fourth-order valence-corrected chi connectivity index (χ4v) is 0. The summed E-state index contributed by atoms with van der Waals surface area (Å²) in [4.78, 5) is 0. The Balaban J connectivity index is -0.0000000284. The molecule has 104 valence electrons. The van der Waals surface area contributed by atoms with Crippen LogP contribution in [0.25, 0.3) is 0 Å². The van der Waals surface area contributed by atoms with Crippen molar-refractivity contribution in [3.05, 3.63) is 0 Å². The predicted octanol–water partition coefficient (Wildman–Crippen LogP) is 5.08. The van der Waals surface area contributed by atoms with Crippen LogP contribution in [0.5, 0.6) is 0 Å². The molecule has 11 heteroatoms. The van der Waals surface area contributed by atoms with Gasteiger partial charge in [0.25, 0.3) is 0 Å². The van der Waals surface area contributed by atoms with Gasteiger partial charge in [-0.2, -0.15) is 15.8 Å². The van der Waals surface area contributed by atoms with Crippen molar-refractivity contribution in [2.24, 2.45) is 0 Å². The molecule has 0 aromatic heterocycles. The van der Waals surface area contributed by atoms with E-state index in [1.165, 1.54) is 20.8 Å². The molecule has 0 amide bonds. The van der Waals surface area contributed by atoms with Crippen molar-refractivity contribution in [1.82, 2.24) is 0 Å². The molecule has 0 spiro atoms. The third kappa shape index (κ3) is 3230. The molecule has 0 aromatic carbocycles. The van der Waals surface area contributed by atoms with Crippen molar-refractivity contribution in [3.8, 4) is 18.2 Å². The summed E-state index contributed by atoms with van der Waals surface area (Å²) in [6, 6.07) is 5.25. The molecule has 0 radical (unpaired) electrons. The molecule has 0 unspecified atom stereocenters. The minimum absolute atomic E-state index is 0. The largest absolute Gasteiger partial charge is 1.00 e. The van der Waals surface area contributed by atoms with Crippen LogP contribution in [0.3, 0.4) is 0 Å². The monoisotopic (exact) mass is 371 g/mol. The molecule has 17 heavy (non-hydrogen) atoms. The van der Waals surface area contributed by atoms with Gasteiger partial charge in [0.05, 0.1) is 18.2 Å². The van der Waals surface area contributed by atoms with Gasteiger partial charge in [-0.3, -0.25) is 0 Å². The number of nitriles is 3. The van der Waals surface area contributed by atoms with Crippen LogP contribution < -0.4 is 0 Å². The smallest absolute Gasteiger partial charge is 0 e. The number of hydrogen-bond acceptors (Lipinski definition) is 3. The fourth-order valence-electron chi connectivity index (χ4n) is 0. The van der Waals surface area contributed by atoms with Crippen molar-refractivity contribution >= 4 is 7.81 Å². The standard InChI is InChI=1S/3C2H3N.F6P.Ru/c3*1-2-3;1-7(2,3,4,5)6;/h3*1H3;;/q;;;-1;/p+1. The van der Waals surface area contributed by atoms with Gasteiger partial charge in [0.2, 0.25) is 0 Å². The molecule has 0 aromatic rings. The topological polar surface area (TPSA) is 71.4 Å². The van der Waals surface area contributed by atoms with Gasteiger partial charge in [0.15, 0.2) is 0 Å². The van der Waals surface area contributed by atoms with Crippen LogP contribution in [-0.4, -0.2) is 0 Å². The van der Waals surface area contributed by atoms with Gasteiger partial charge < -0.3 is 0 Å². The second kappa shape index (κ2) is 10.3. The van der Waals surface area contributed by atoms with Crippen LogP contribution in [0, 0.1) is 34.0 Å². The predicted molar refractivity (Wildman–Crippen MR) is 48.5 cm³/mol. The quantitative estimate of drug-likeness (QED) is 0.339. The van der Waals surface area contributed by atoms with Crippen molar-refractivity contribution in [2.75, 3.05) is 0 Å². The molecule has 0 aliphatic carbocycles. The molecular weight excluding hydrogens is 360 g/mol. The second-order valence-electron chi connectivity index (χ2n) is 1.63. The molecule has 0 N–H and O–H groups in total. The Morgan fingerprint density at radius 2 is 0.706 bits per heavy atom. The molecule has 0 bridgehead atoms. The number of halogens is 6. The van der Waals surface area contributed by atoms with Crippen LogP contribution in [0.2, 0.25) is 0 Å². The molecule has 0 aliphatic heterocycles. The summed E-state index contributed by atoms with van der Waals surface area (Å²) in [7, 11) is -10.7. The van der Waals surface area contributed by atoms with Crippen molar-refractivity contribution in [3.63, 3.8) is 0 Å². The maximum atomic E-state index is 9.87. The Labute approximate surface area is 109 Å². The average Bonchev–Trinajstić information content (AvgIpc) is 1.82. The van der Waals surface area contributed by atoms with E-state index in [2.05, 4.69) is 0 Å². The third-order valence-corrected chi connectivity index (χ3v) is 0. The van der Waals surface area contributed by atoms with Gasteiger partial charge in [-0.1, -0.05) is 0 Å². The van der Waals surface area contributed by atoms with Gasteiger partial charge >= 0.3 is 34.4 Å². The van der Waals surface area contributed by atoms with Gasteiger partial charge in [-0.15, -0.1) is 0 Å². The van der Waals surface area contributed by atoms with Crippen molar-refractivity contribution in [2.45, 2.75) is 20.8 Å². The number of rotatable bonds is 0. The van der Waals surface area contributed by atoms with Crippen LogP contribution in [0.1, 0.15) is 22.2 Å². The fraction of sp³-hybridized carbons (Fsp3) is 0.500. The molecule has 0 aliphatic rings. The Bertz CT molecular complexity index is 257. The zero-order valence-electron chi connectivity index (χ0n) is 9.91. The summed E-state index contributed by atoms with van der Waals surface area (Å²) >= 11 is 0. The molecule has 0 rings (SSSR count). The first kappa shape index (κ1) is 29.8. The molecule has 0 saturated carbocycles. The summed E-state index contributed by atoms with van der Waals surface area (Å²) in [5, 5.41) is 22.0. The van der Waals surface area contributed by atoms with E-state index in [0.29, 0.717) is 0 Å². The van der Waals surface area contributed by atoms with E-state index >= 15 is 0 Å². The summed E-state index contributed by atoms with van der Waals surface area (Å²) in [5.74, 6) is 0. The average molecular weight is 370 g/mol. The van der Waals surface area contributed by atoms with E-state index < -0.39 is 7.81 Å². The second-order valence-corrected chi connectivity index (χ2v) is 3.55. The molecule has 0 fully saturated rings. The van der Waals surface area contributed by atoms with Crippen molar-refractivity contribution < 1.29 is 46.1 Å². The van der Waals surface area contributed by atoms with E-state index in [4.69, 9.17) is 15.8 Å². The normalized spacial score (nSPS) is 10.9. The zero-order chi connectivity index (χ0) is 14.5. The minimum Gasteiger partial charge on any atom is 0 e. The van der Waals surface area contributed by atoms with Crippen LogP contribution in [-0.2, 0) is 19.5 Å². The van der Waals surface area contributed by atoms with E-state index in [1.807, 2.05) is 0 Å².